The van der Waals surface area contributed by atoms with Crippen LogP contribution >= 0.6 is 11.8 Å². The van der Waals surface area contributed by atoms with Crippen molar-refractivity contribution >= 4 is 27.7 Å². The van der Waals surface area contributed by atoms with Crippen molar-refractivity contribution in [3.63, 3.8) is 0 Å². The number of benzene rings is 1. The molecule has 1 aromatic carbocycles. The second kappa shape index (κ2) is 10.2. The van der Waals surface area contributed by atoms with Crippen LogP contribution in [0.1, 0.15) is 55.9 Å². The number of likely N-dealkylation sites (tertiary alicyclic amines) is 1. The Morgan fingerprint density at radius 2 is 1.79 bits per heavy atom. The first-order valence-electron chi connectivity index (χ1n) is 9.96. The lowest BCUT2D eigenvalue weighted by atomic mass is 9.84. The Morgan fingerprint density at radius 1 is 1.18 bits per heavy atom. The normalized spacial score (nSPS) is 17.4. The third-order valence-corrected chi connectivity index (χ3v) is 7.56. The molecule has 1 aromatic rings. The zero-order chi connectivity index (χ0) is 20.8. The summed E-state index contributed by atoms with van der Waals surface area (Å²) in [5, 5.41) is -0.115. The Labute approximate surface area is 174 Å². The fourth-order valence-electron chi connectivity index (χ4n) is 3.56. The predicted molar refractivity (Wildman–Crippen MR) is 116 cm³/mol. The molecule has 0 saturated carbocycles. The topological polar surface area (TPSA) is 74.7 Å². The van der Waals surface area contributed by atoms with Crippen molar-refractivity contribution < 1.29 is 17.8 Å². The van der Waals surface area contributed by atoms with Crippen LogP contribution in [0.5, 0.6) is 0 Å². The maximum atomic E-state index is 13.1. The average Bonchev–Trinajstić information content (AvgIpc) is 2.61. The van der Waals surface area contributed by atoms with Gasteiger partial charge in [0, 0.05) is 29.4 Å². The first kappa shape index (κ1) is 23.4. The van der Waals surface area contributed by atoms with Gasteiger partial charge in [0.05, 0.1) is 5.75 Å². The highest BCUT2D eigenvalue weighted by molar-refractivity contribution is 8.00. The minimum atomic E-state index is -4.00. The van der Waals surface area contributed by atoms with Crippen LogP contribution in [0.3, 0.4) is 0 Å². The molecule has 1 N–H and O–H groups in total. The van der Waals surface area contributed by atoms with Gasteiger partial charge >= 0.3 is 0 Å². The van der Waals surface area contributed by atoms with E-state index in [4.69, 9.17) is 4.55 Å². The smallest absolute Gasteiger partial charge is 0.265 e. The van der Waals surface area contributed by atoms with E-state index in [0.29, 0.717) is 6.42 Å². The fraction of sp³-hybridized carbons (Fsp3) is 0.667. The van der Waals surface area contributed by atoms with Gasteiger partial charge in [0.25, 0.3) is 10.1 Å². The molecule has 158 valence electrons. The maximum absolute atomic E-state index is 13.1. The summed E-state index contributed by atoms with van der Waals surface area (Å²) in [6, 6.07) is 8.03. The van der Waals surface area contributed by atoms with E-state index >= 15 is 0 Å². The van der Waals surface area contributed by atoms with Gasteiger partial charge < -0.3 is 4.90 Å². The van der Waals surface area contributed by atoms with E-state index in [2.05, 4.69) is 4.90 Å². The molecular weight excluding hydrogens is 394 g/mol. The van der Waals surface area contributed by atoms with Crippen molar-refractivity contribution in [2.24, 2.45) is 5.41 Å². The molecule has 0 aliphatic carbocycles. The van der Waals surface area contributed by atoms with Crippen LogP contribution in [-0.4, -0.2) is 54.8 Å². The average molecular weight is 428 g/mol. The van der Waals surface area contributed by atoms with Crippen molar-refractivity contribution in [1.29, 1.82) is 0 Å². The number of hydrogen-bond acceptors (Lipinski definition) is 5. The second-order valence-electron chi connectivity index (χ2n) is 8.40. The van der Waals surface area contributed by atoms with Crippen LogP contribution in [0, 0.1) is 12.3 Å². The van der Waals surface area contributed by atoms with Gasteiger partial charge in [-0.1, -0.05) is 50.1 Å². The molecular formula is C21H33NO4S2. The third kappa shape index (κ3) is 7.85. The summed E-state index contributed by atoms with van der Waals surface area (Å²) in [5.41, 5.74) is 1.72. The number of rotatable bonds is 10. The number of thioether (sulfide) groups is 1. The van der Waals surface area contributed by atoms with Crippen LogP contribution < -0.4 is 0 Å². The highest BCUT2D eigenvalue weighted by Gasteiger charge is 2.32. The maximum Gasteiger partial charge on any atom is 0.265 e. The highest BCUT2D eigenvalue weighted by atomic mass is 32.2. The van der Waals surface area contributed by atoms with Crippen LogP contribution in [-0.2, 0) is 14.9 Å². The highest BCUT2D eigenvalue weighted by Crippen LogP contribution is 2.36. The fourth-order valence-corrected chi connectivity index (χ4v) is 5.69. The summed E-state index contributed by atoms with van der Waals surface area (Å²) in [6.45, 7) is 8.92. The lowest BCUT2D eigenvalue weighted by Gasteiger charge is -2.34. The van der Waals surface area contributed by atoms with E-state index in [9.17, 15) is 13.2 Å². The van der Waals surface area contributed by atoms with E-state index < -0.39 is 15.5 Å². The number of hydrogen-bond donors (Lipinski definition) is 1. The number of nitrogens with zero attached hydrogens (tertiary/aromatic N) is 1. The Kier molecular flexibility index (Phi) is 8.55. The second-order valence-corrected chi connectivity index (χ2v) is 11.3. The Hall–Kier alpha value is -0.890. The van der Waals surface area contributed by atoms with E-state index in [1.54, 1.807) is 0 Å². The molecule has 5 nitrogen and oxygen atoms in total. The molecule has 0 amide bonds. The molecule has 0 spiro atoms. The molecule has 1 fully saturated rings. The summed E-state index contributed by atoms with van der Waals surface area (Å²) in [7, 11) is -4.00. The molecule has 0 bridgehead atoms. The van der Waals surface area contributed by atoms with Crippen molar-refractivity contribution in [3.05, 3.63) is 35.4 Å². The molecule has 0 radical (unpaired) electrons. The summed E-state index contributed by atoms with van der Waals surface area (Å²) in [4.78, 5) is 15.5. The number of ketones is 1. The molecule has 1 saturated heterocycles. The lowest BCUT2D eigenvalue weighted by Crippen LogP contribution is -2.42. The molecule has 1 heterocycles. The number of piperidine rings is 1. The molecule has 1 aliphatic rings. The van der Waals surface area contributed by atoms with Gasteiger partial charge in [-0.3, -0.25) is 9.35 Å². The van der Waals surface area contributed by atoms with E-state index in [1.807, 2.05) is 45.0 Å². The SMILES string of the molecule is Cc1ccc([C@@H](CC(=O)C(C)(C)CN2CCCCC2)SCCS(=O)(=O)O)cc1. The van der Waals surface area contributed by atoms with Crippen LogP contribution in [0.15, 0.2) is 24.3 Å². The molecule has 0 aromatic heterocycles. The molecule has 1 atom stereocenters. The lowest BCUT2D eigenvalue weighted by molar-refractivity contribution is -0.128. The molecule has 2 rings (SSSR count). The van der Waals surface area contributed by atoms with Crippen LogP contribution in [0.2, 0.25) is 0 Å². The third-order valence-electron chi connectivity index (χ3n) is 5.30. The standard InChI is InChI=1S/C21H33NO4S2/c1-17-7-9-18(10-8-17)19(27-13-14-28(24,25)26)15-20(23)21(2,3)16-22-11-5-4-6-12-22/h7-10,19H,4-6,11-16H2,1-3H3,(H,24,25,26)/t19-/m1/s1. The van der Waals surface area contributed by atoms with Gasteiger partial charge in [0.15, 0.2) is 0 Å². The number of carbonyl (C=O) groups excluding carboxylic acids is 1. The van der Waals surface area contributed by atoms with E-state index in [0.717, 1.165) is 30.8 Å². The molecule has 7 heteroatoms. The number of aryl methyl sites for hydroxylation is 1. The number of Topliss-reactive ketones (excluding diaryl/α,β-unsaturated/α-hetero) is 1. The summed E-state index contributed by atoms with van der Waals surface area (Å²) in [6.07, 6.45) is 4.02. The monoisotopic (exact) mass is 427 g/mol. The number of carbonyl (C=O) groups is 1. The van der Waals surface area contributed by atoms with E-state index in [-0.39, 0.29) is 22.5 Å². The van der Waals surface area contributed by atoms with Crippen molar-refractivity contribution in [3.8, 4) is 0 Å². The van der Waals surface area contributed by atoms with Gasteiger partial charge in [-0.05, 0) is 38.4 Å². The minimum absolute atomic E-state index is 0.115. The summed E-state index contributed by atoms with van der Waals surface area (Å²) in [5.74, 6) is 0.158. The van der Waals surface area contributed by atoms with Gasteiger partial charge in [0.1, 0.15) is 5.78 Å². The van der Waals surface area contributed by atoms with Crippen molar-refractivity contribution in [2.75, 3.05) is 31.1 Å². The first-order valence-corrected chi connectivity index (χ1v) is 12.6. The molecule has 0 unspecified atom stereocenters. The summed E-state index contributed by atoms with van der Waals surface area (Å²) < 4.78 is 31.2. The Bertz CT molecular complexity index is 738. The van der Waals surface area contributed by atoms with E-state index in [1.165, 1.54) is 31.0 Å². The van der Waals surface area contributed by atoms with Crippen LogP contribution in [0.4, 0.5) is 0 Å². The zero-order valence-electron chi connectivity index (χ0n) is 17.2. The van der Waals surface area contributed by atoms with Gasteiger partial charge in [-0.2, -0.15) is 20.2 Å². The van der Waals surface area contributed by atoms with Gasteiger partial charge in [-0.15, -0.1) is 0 Å². The van der Waals surface area contributed by atoms with Gasteiger partial charge in [0.2, 0.25) is 0 Å². The van der Waals surface area contributed by atoms with Crippen molar-refractivity contribution in [1.82, 2.24) is 4.90 Å². The van der Waals surface area contributed by atoms with Crippen LogP contribution in [0.25, 0.3) is 0 Å². The first-order chi connectivity index (χ1) is 13.1. The largest absolute Gasteiger partial charge is 0.302 e. The zero-order valence-corrected chi connectivity index (χ0v) is 18.8. The quantitative estimate of drug-likeness (QED) is 0.566. The minimum Gasteiger partial charge on any atom is -0.302 e. The molecule has 28 heavy (non-hydrogen) atoms. The summed E-state index contributed by atoms with van der Waals surface area (Å²) >= 11 is 1.42. The molecule has 1 aliphatic heterocycles. The Morgan fingerprint density at radius 3 is 2.36 bits per heavy atom. The predicted octanol–water partition coefficient (Wildman–Crippen LogP) is 4.13. The van der Waals surface area contributed by atoms with Crippen molar-refractivity contribution in [2.45, 2.75) is 51.7 Å². The Balaban J connectivity index is 2.06. The van der Waals surface area contributed by atoms with Gasteiger partial charge in [-0.25, -0.2) is 0 Å².